The third-order valence-electron chi connectivity index (χ3n) is 5.59. The van der Waals surface area contributed by atoms with Gasteiger partial charge in [-0.1, -0.05) is 11.3 Å². The van der Waals surface area contributed by atoms with Crippen molar-refractivity contribution in [3.63, 3.8) is 0 Å². The number of primary amides is 1. The van der Waals surface area contributed by atoms with Crippen LogP contribution >= 0.6 is 0 Å². The van der Waals surface area contributed by atoms with Gasteiger partial charge in [-0.05, 0) is 30.2 Å². The summed E-state index contributed by atoms with van der Waals surface area (Å²) in [4.78, 5) is 53.5. The van der Waals surface area contributed by atoms with Gasteiger partial charge in [0.15, 0.2) is 0 Å². The summed E-state index contributed by atoms with van der Waals surface area (Å²) in [6, 6.07) is 6.22. The second-order valence-corrected chi connectivity index (χ2v) is 7.62. The monoisotopic (exact) mass is 431 g/mol. The van der Waals surface area contributed by atoms with Crippen molar-refractivity contribution in [2.45, 2.75) is 25.4 Å². The van der Waals surface area contributed by atoms with Gasteiger partial charge in [-0.3, -0.25) is 29.5 Å². The lowest BCUT2D eigenvalue weighted by atomic mass is 10.0. The molecule has 1 aromatic carbocycles. The van der Waals surface area contributed by atoms with Crippen LogP contribution in [0, 0.1) is 0 Å². The predicted octanol–water partition coefficient (Wildman–Crippen LogP) is 0.189. The summed E-state index contributed by atoms with van der Waals surface area (Å²) in [5, 5.41) is 10.5. The molecule has 0 bridgehead atoms. The molecule has 4 heterocycles. The van der Waals surface area contributed by atoms with Crippen molar-refractivity contribution < 1.29 is 19.2 Å². The summed E-state index contributed by atoms with van der Waals surface area (Å²) < 4.78 is 1.51. The second-order valence-electron chi connectivity index (χ2n) is 7.62. The van der Waals surface area contributed by atoms with Crippen LogP contribution in [0.2, 0.25) is 0 Å². The first-order chi connectivity index (χ1) is 15.4. The standard InChI is InChI=1S/C21H17N7O4/c22-19(30)13-5-12(7-23-8-13)16-10-28(26-25-16)14-2-1-11-9-27(21(32)15(11)6-14)17-3-4-18(29)24-20(17)31/h1-2,5-8,10,17H,3-4,9H2,(H2,22,30)(H,24,29,31). The molecule has 160 valence electrons. The molecule has 0 aliphatic carbocycles. The molecule has 2 aromatic heterocycles. The van der Waals surface area contributed by atoms with E-state index in [4.69, 9.17) is 5.73 Å². The number of hydrogen-bond donors (Lipinski definition) is 2. The average Bonchev–Trinajstić information content (AvgIpc) is 3.39. The van der Waals surface area contributed by atoms with Gasteiger partial charge in [-0.15, -0.1) is 5.10 Å². The molecule has 3 aromatic rings. The highest BCUT2D eigenvalue weighted by molar-refractivity contribution is 6.05. The number of rotatable bonds is 4. The molecule has 11 nitrogen and oxygen atoms in total. The van der Waals surface area contributed by atoms with Crippen LogP contribution in [0.4, 0.5) is 0 Å². The Bertz CT molecular complexity index is 1300. The molecule has 1 saturated heterocycles. The van der Waals surface area contributed by atoms with Gasteiger partial charge in [-0.25, -0.2) is 4.68 Å². The van der Waals surface area contributed by atoms with Crippen LogP contribution in [0.1, 0.15) is 39.1 Å². The first kappa shape index (κ1) is 19.5. The number of nitrogens with two attached hydrogens (primary N) is 1. The minimum Gasteiger partial charge on any atom is -0.366 e. The smallest absolute Gasteiger partial charge is 0.255 e. The topological polar surface area (TPSA) is 153 Å². The number of nitrogens with zero attached hydrogens (tertiary/aromatic N) is 5. The molecule has 11 heteroatoms. The van der Waals surface area contributed by atoms with E-state index < -0.39 is 17.9 Å². The summed E-state index contributed by atoms with van der Waals surface area (Å²) in [5.74, 6) is -1.63. The highest BCUT2D eigenvalue weighted by Gasteiger charge is 2.39. The fourth-order valence-corrected chi connectivity index (χ4v) is 3.92. The van der Waals surface area contributed by atoms with E-state index in [1.807, 2.05) is 6.07 Å². The van der Waals surface area contributed by atoms with Gasteiger partial charge >= 0.3 is 0 Å². The highest BCUT2D eigenvalue weighted by atomic mass is 16.2. The number of nitrogens with one attached hydrogen (secondary N) is 1. The van der Waals surface area contributed by atoms with E-state index in [9.17, 15) is 19.2 Å². The van der Waals surface area contributed by atoms with Crippen molar-refractivity contribution >= 4 is 23.6 Å². The highest BCUT2D eigenvalue weighted by Crippen LogP contribution is 2.29. The molecule has 3 N–H and O–H groups in total. The Morgan fingerprint density at radius 3 is 2.78 bits per heavy atom. The third kappa shape index (κ3) is 3.29. The largest absolute Gasteiger partial charge is 0.366 e. The van der Waals surface area contributed by atoms with Gasteiger partial charge in [0.1, 0.15) is 11.7 Å². The van der Waals surface area contributed by atoms with Gasteiger partial charge < -0.3 is 10.6 Å². The van der Waals surface area contributed by atoms with E-state index in [1.54, 1.807) is 30.6 Å². The van der Waals surface area contributed by atoms with E-state index >= 15 is 0 Å². The van der Waals surface area contributed by atoms with Crippen molar-refractivity contribution in [3.8, 4) is 16.9 Å². The number of imide groups is 1. The maximum atomic E-state index is 13.0. The predicted molar refractivity (Wildman–Crippen MR) is 109 cm³/mol. The van der Waals surface area contributed by atoms with E-state index in [0.717, 1.165) is 5.56 Å². The Hall–Kier alpha value is -4.41. The molecule has 2 aliphatic rings. The number of pyridine rings is 1. The number of carbonyl (C=O) groups excluding carboxylic acids is 4. The number of carbonyl (C=O) groups is 4. The summed E-state index contributed by atoms with van der Waals surface area (Å²) in [7, 11) is 0. The Morgan fingerprint density at radius 2 is 2.00 bits per heavy atom. The van der Waals surface area contributed by atoms with Crippen molar-refractivity contribution in [2.75, 3.05) is 0 Å². The number of amides is 4. The molecule has 32 heavy (non-hydrogen) atoms. The van der Waals surface area contributed by atoms with Crippen molar-refractivity contribution in [1.82, 2.24) is 30.2 Å². The Labute approximate surface area is 181 Å². The Morgan fingerprint density at radius 1 is 1.16 bits per heavy atom. The van der Waals surface area contributed by atoms with Crippen LogP contribution in [-0.2, 0) is 16.1 Å². The maximum absolute atomic E-state index is 13.0. The summed E-state index contributed by atoms with van der Waals surface area (Å²) in [6.45, 7) is 0.301. The molecule has 0 spiro atoms. The van der Waals surface area contributed by atoms with Gasteiger partial charge in [0.05, 0.1) is 17.4 Å². The van der Waals surface area contributed by atoms with Crippen LogP contribution in [0.3, 0.4) is 0 Å². The van der Waals surface area contributed by atoms with Crippen LogP contribution in [0.25, 0.3) is 16.9 Å². The Balaban J connectivity index is 1.41. The zero-order valence-corrected chi connectivity index (χ0v) is 16.7. The van der Waals surface area contributed by atoms with Crippen LogP contribution in [-0.4, -0.2) is 54.5 Å². The molecule has 4 amide bonds. The number of aromatic nitrogens is 4. The van der Waals surface area contributed by atoms with Crippen LogP contribution in [0.15, 0.2) is 42.9 Å². The molecular formula is C21H17N7O4. The second kappa shape index (κ2) is 7.38. The average molecular weight is 431 g/mol. The Kier molecular flexibility index (Phi) is 4.51. The fraction of sp³-hybridized carbons (Fsp3) is 0.190. The van der Waals surface area contributed by atoms with Gasteiger partial charge in [-0.2, -0.15) is 0 Å². The van der Waals surface area contributed by atoms with Gasteiger partial charge in [0.2, 0.25) is 17.7 Å². The fourth-order valence-electron chi connectivity index (χ4n) is 3.92. The molecule has 5 rings (SSSR count). The zero-order valence-electron chi connectivity index (χ0n) is 16.7. The van der Waals surface area contributed by atoms with Crippen molar-refractivity contribution in [1.29, 1.82) is 0 Å². The lowest BCUT2D eigenvalue weighted by molar-refractivity contribution is -0.136. The zero-order chi connectivity index (χ0) is 22.4. The lowest BCUT2D eigenvalue weighted by Gasteiger charge is -2.29. The van der Waals surface area contributed by atoms with Gasteiger partial charge in [0, 0.05) is 36.5 Å². The lowest BCUT2D eigenvalue weighted by Crippen LogP contribution is -2.52. The molecule has 0 radical (unpaired) electrons. The molecule has 1 fully saturated rings. The molecule has 0 saturated carbocycles. The van der Waals surface area contributed by atoms with Crippen molar-refractivity contribution in [2.24, 2.45) is 5.73 Å². The number of hydrogen-bond acceptors (Lipinski definition) is 7. The van der Waals surface area contributed by atoms with Gasteiger partial charge in [0.25, 0.3) is 5.91 Å². The number of benzene rings is 1. The SMILES string of the molecule is NC(=O)c1cncc(-c2cn(-c3ccc4c(c3)C(=O)N(C3CCC(=O)NC3=O)C4)nn2)c1. The first-order valence-electron chi connectivity index (χ1n) is 9.86. The van der Waals surface area contributed by atoms with E-state index in [0.29, 0.717) is 35.5 Å². The minimum absolute atomic E-state index is 0.204. The van der Waals surface area contributed by atoms with E-state index in [2.05, 4.69) is 20.6 Å². The molecular weight excluding hydrogens is 414 g/mol. The van der Waals surface area contributed by atoms with E-state index in [1.165, 1.54) is 15.8 Å². The first-order valence-corrected chi connectivity index (χ1v) is 9.86. The van der Waals surface area contributed by atoms with E-state index in [-0.39, 0.29) is 23.8 Å². The van der Waals surface area contributed by atoms with Crippen molar-refractivity contribution in [3.05, 3.63) is 59.5 Å². The number of fused-ring (bicyclic) bond motifs is 1. The summed E-state index contributed by atoms with van der Waals surface area (Å²) in [5.41, 5.74) is 8.50. The minimum atomic E-state index is -0.668. The maximum Gasteiger partial charge on any atom is 0.255 e. The molecule has 1 atom stereocenters. The normalized spacial score (nSPS) is 17.9. The molecule has 2 aliphatic heterocycles. The summed E-state index contributed by atoms with van der Waals surface area (Å²) in [6.07, 6.45) is 5.08. The van der Waals surface area contributed by atoms with Crippen LogP contribution < -0.4 is 11.1 Å². The molecule has 1 unspecified atom stereocenters. The number of piperidine rings is 1. The quantitative estimate of drug-likeness (QED) is 0.559. The third-order valence-corrected chi connectivity index (χ3v) is 5.59. The van der Waals surface area contributed by atoms with Crippen LogP contribution in [0.5, 0.6) is 0 Å². The summed E-state index contributed by atoms with van der Waals surface area (Å²) >= 11 is 0.